The van der Waals surface area contributed by atoms with E-state index in [0.29, 0.717) is 11.5 Å². The largest absolute Gasteiger partial charge is 0.454 e. The summed E-state index contributed by atoms with van der Waals surface area (Å²) in [7, 11) is 0. The number of halogens is 3. The number of hydrogen-bond donors (Lipinski definition) is 1. The number of nitrogens with two attached hydrogens (primary N) is 1. The van der Waals surface area contributed by atoms with Crippen LogP contribution >= 0.6 is 0 Å². The first-order valence-corrected chi connectivity index (χ1v) is 4.20. The van der Waals surface area contributed by atoms with Gasteiger partial charge in [0.25, 0.3) is 0 Å². The van der Waals surface area contributed by atoms with Gasteiger partial charge in [0.05, 0.1) is 0 Å². The Morgan fingerprint density at radius 2 is 1.87 bits per heavy atom. The highest BCUT2D eigenvalue weighted by molar-refractivity contribution is 5.45. The highest BCUT2D eigenvalue weighted by Gasteiger charge is 2.38. The predicted molar refractivity (Wildman–Crippen MR) is 45.5 cm³/mol. The van der Waals surface area contributed by atoms with Gasteiger partial charge in [-0.15, -0.1) is 0 Å². The van der Waals surface area contributed by atoms with Crippen molar-refractivity contribution in [1.82, 2.24) is 0 Å². The zero-order valence-corrected chi connectivity index (χ0v) is 7.54. The van der Waals surface area contributed by atoms with Crippen molar-refractivity contribution in [3.63, 3.8) is 0 Å². The number of rotatable bonds is 1. The second-order valence-corrected chi connectivity index (χ2v) is 3.13. The highest BCUT2D eigenvalue weighted by Crippen LogP contribution is 2.37. The molecule has 15 heavy (non-hydrogen) atoms. The van der Waals surface area contributed by atoms with Gasteiger partial charge in [0.1, 0.15) is 6.04 Å². The third-order valence-corrected chi connectivity index (χ3v) is 2.11. The summed E-state index contributed by atoms with van der Waals surface area (Å²) < 4.78 is 46.8. The SMILES string of the molecule is N[C@@H](c1ccc2c(c1)OCO2)C(F)(F)F. The Morgan fingerprint density at radius 3 is 2.53 bits per heavy atom. The van der Waals surface area contributed by atoms with Gasteiger partial charge in [-0.1, -0.05) is 6.07 Å². The molecule has 0 fully saturated rings. The van der Waals surface area contributed by atoms with Crippen LogP contribution in [0.25, 0.3) is 0 Å². The molecule has 0 amide bonds. The zero-order valence-electron chi connectivity index (χ0n) is 7.54. The van der Waals surface area contributed by atoms with Gasteiger partial charge in [0.15, 0.2) is 11.5 Å². The number of fused-ring (bicyclic) bond motifs is 1. The molecular weight excluding hydrogens is 211 g/mol. The average molecular weight is 219 g/mol. The van der Waals surface area contributed by atoms with Crippen molar-refractivity contribution < 1.29 is 22.6 Å². The zero-order chi connectivity index (χ0) is 11.1. The van der Waals surface area contributed by atoms with Gasteiger partial charge in [-0.3, -0.25) is 0 Å². The Labute approximate surface area is 83.6 Å². The van der Waals surface area contributed by atoms with E-state index >= 15 is 0 Å². The Hall–Kier alpha value is -1.43. The quantitative estimate of drug-likeness (QED) is 0.785. The highest BCUT2D eigenvalue weighted by atomic mass is 19.4. The molecule has 1 aromatic rings. The molecule has 1 aliphatic heterocycles. The van der Waals surface area contributed by atoms with Crippen LogP contribution in [0, 0.1) is 0 Å². The Balaban J connectivity index is 2.31. The van der Waals surface area contributed by atoms with Gasteiger partial charge in [-0.05, 0) is 17.7 Å². The summed E-state index contributed by atoms with van der Waals surface area (Å²) in [6.45, 7) is 0.0278. The Kier molecular flexibility index (Phi) is 2.22. The summed E-state index contributed by atoms with van der Waals surface area (Å²) in [5.74, 6) is 0.736. The first kappa shape index (κ1) is 10.1. The van der Waals surface area contributed by atoms with E-state index < -0.39 is 12.2 Å². The van der Waals surface area contributed by atoms with Crippen molar-refractivity contribution in [3.05, 3.63) is 23.8 Å². The van der Waals surface area contributed by atoms with Gasteiger partial charge in [0, 0.05) is 0 Å². The van der Waals surface area contributed by atoms with E-state index in [1.165, 1.54) is 18.2 Å². The lowest BCUT2D eigenvalue weighted by Gasteiger charge is -2.15. The topological polar surface area (TPSA) is 44.5 Å². The van der Waals surface area contributed by atoms with Gasteiger partial charge >= 0.3 is 6.18 Å². The van der Waals surface area contributed by atoms with Crippen molar-refractivity contribution in [1.29, 1.82) is 0 Å². The molecule has 82 valence electrons. The fourth-order valence-corrected chi connectivity index (χ4v) is 1.30. The number of benzene rings is 1. The Bertz CT molecular complexity index is 378. The molecule has 3 nitrogen and oxygen atoms in total. The minimum atomic E-state index is -4.45. The summed E-state index contributed by atoms with van der Waals surface area (Å²) in [6.07, 6.45) is -4.45. The van der Waals surface area contributed by atoms with Crippen LogP contribution in [-0.2, 0) is 0 Å². The van der Waals surface area contributed by atoms with Crippen LogP contribution in [0.15, 0.2) is 18.2 Å². The van der Waals surface area contributed by atoms with Gasteiger partial charge in [0.2, 0.25) is 6.79 Å². The maximum atomic E-state index is 12.3. The standard InChI is InChI=1S/C9H8F3NO2/c10-9(11,12)8(13)5-1-2-6-7(3-5)15-4-14-6/h1-3,8H,4,13H2/t8-/m0/s1. The fraction of sp³-hybridized carbons (Fsp3) is 0.333. The van der Waals surface area contributed by atoms with Crippen molar-refractivity contribution in [3.8, 4) is 11.5 Å². The van der Waals surface area contributed by atoms with Crippen LogP contribution in [0.2, 0.25) is 0 Å². The van der Waals surface area contributed by atoms with Crippen LogP contribution in [0.4, 0.5) is 13.2 Å². The maximum absolute atomic E-state index is 12.3. The van der Waals surface area contributed by atoms with E-state index in [9.17, 15) is 13.2 Å². The molecule has 0 spiro atoms. The molecule has 2 N–H and O–H groups in total. The fourth-order valence-electron chi connectivity index (χ4n) is 1.30. The second kappa shape index (κ2) is 3.30. The molecule has 0 saturated heterocycles. The van der Waals surface area contributed by atoms with Crippen molar-refractivity contribution >= 4 is 0 Å². The van der Waals surface area contributed by atoms with Crippen LogP contribution in [0.3, 0.4) is 0 Å². The van der Waals surface area contributed by atoms with Gasteiger partial charge < -0.3 is 15.2 Å². The summed E-state index contributed by atoms with van der Waals surface area (Å²) in [4.78, 5) is 0. The molecule has 1 aliphatic rings. The van der Waals surface area contributed by atoms with E-state index in [0.717, 1.165) is 0 Å². The first-order valence-electron chi connectivity index (χ1n) is 4.20. The minimum Gasteiger partial charge on any atom is -0.454 e. The third-order valence-electron chi connectivity index (χ3n) is 2.11. The van der Waals surface area contributed by atoms with E-state index in [1.54, 1.807) is 0 Å². The molecule has 0 unspecified atom stereocenters. The smallest absolute Gasteiger partial charge is 0.407 e. The van der Waals surface area contributed by atoms with Gasteiger partial charge in [-0.25, -0.2) is 0 Å². The first-order chi connectivity index (χ1) is 6.98. The number of ether oxygens (including phenoxy) is 2. The summed E-state index contributed by atoms with van der Waals surface area (Å²) in [5.41, 5.74) is 5.01. The van der Waals surface area contributed by atoms with Gasteiger partial charge in [-0.2, -0.15) is 13.2 Å². The third kappa shape index (κ3) is 1.85. The van der Waals surface area contributed by atoms with E-state index in [2.05, 4.69) is 0 Å². The van der Waals surface area contributed by atoms with E-state index in [4.69, 9.17) is 15.2 Å². The molecule has 0 radical (unpaired) electrons. The lowest BCUT2D eigenvalue weighted by molar-refractivity contribution is -0.149. The molecule has 0 aromatic heterocycles. The lowest BCUT2D eigenvalue weighted by atomic mass is 10.1. The van der Waals surface area contributed by atoms with Crippen molar-refractivity contribution in [2.24, 2.45) is 5.73 Å². The Morgan fingerprint density at radius 1 is 1.20 bits per heavy atom. The minimum absolute atomic E-state index is 0.0278. The molecular formula is C9H8F3NO2. The molecule has 0 bridgehead atoms. The summed E-state index contributed by atoms with van der Waals surface area (Å²) in [6, 6.07) is 1.96. The maximum Gasteiger partial charge on any atom is 0.407 e. The van der Waals surface area contributed by atoms with Crippen molar-refractivity contribution in [2.75, 3.05) is 6.79 Å². The predicted octanol–water partition coefficient (Wildman–Crippen LogP) is 1.98. The van der Waals surface area contributed by atoms with E-state index in [1.807, 2.05) is 0 Å². The van der Waals surface area contributed by atoms with Crippen LogP contribution in [0.5, 0.6) is 11.5 Å². The van der Waals surface area contributed by atoms with Crippen LogP contribution in [0.1, 0.15) is 11.6 Å². The summed E-state index contributed by atoms with van der Waals surface area (Å²) in [5, 5.41) is 0. The molecule has 1 heterocycles. The van der Waals surface area contributed by atoms with Crippen LogP contribution in [-0.4, -0.2) is 13.0 Å². The number of alkyl halides is 3. The second-order valence-electron chi connectivity index (χ2n) is 3.13. The molecule has 0 saturated carbocycles. The lowest BCUT2D eigenvalue weighted by Crippen LogP contribution is -2.28. The van der Waals surface area contributed by atoms with Crippen molar-refractivity contribution in [2.45, 2.75) is 12.2 Å². The molecule has 1 atom stereocenters. The monoisotopic (exact) mass is 219 g/mol. The summed E-state index contributed by atoms with van der Waals surface area (Å²) >= 11 is 0. The molecule has 0 aliphatic carbocycles. The average Bonchev–Trinajstić information content (AvgIpc) is 2.61. The van der Waals surface area contributed by atoms with E-state index in [-0.39, 0.29) is 12.4 Å². The molecule has 2 rings (SSSR count). The normalized spacial score (nSPS) is 16.5. The molecule has 1 aromatic carbocycles. The number of hydrogen-bond acceptors (Lipinski definition) is 3. The van der Waals surface area contributed by atoms with Crippen LogP contribution < -0.4 is 15.2 Å². The molecule has 6 heteroatoms.